The minimum absolute atomic E-state index is 0.0932. The smallest absolute Gasteiger partial charge is 0.329 e. The van der Waals surface area contributed by atoms with Gasteiger partial charge in [-0.05, 0) is 25.3 Å². The van der Waals surface area contributed by atoms with E-state index in [0.717, 1.165) is 12.8 Å². The topological polar surface area (TPSA) is 96.6 Å². The number of nitrogens with zero attached hydrogens (tertiary/aromatic N) is 3. The van der Waals surface area contributed by atoms with Crippen molar-refractivity contribution in [1.29, 1.82) is 0 Å². The Kier molecular flexibility index (Phi) is 3.87. The van der Waals surface area contributed by atoms with Crippen molar-refractivity contribution in [2.45, 2.75) is 38.1 Å². The van der Waals surface area contributed by atoms with E-state index in [1.54, 1.807) is 4.90 Å². The first kappa shape index (κ1) is 14.2. The number of hydrogen-bond acceptors (Lipinski definition) is 5. The lowest BCUT2D eigenvalue weighted by Gasteiger charge is -2.35. The van der Waals surface area contributed by atoms with Crippen LogP contribution in [0, 0.1) is 10.1 Å². The number of pyridine rings is 1. The molecule has 2 rings (SSSR count). The predicted octanol–water partition coefficient (Wildman–Crippen LogP) is 2.21. The largest absolute Gasteiger partial charge is 0.479 e. The lowest BCUT2D eigenvalue weighted by Crippen LogP contribution is -2.51. The molecule has 1 atom stereocenters. The maximum Gasteiger partial charge on any atom is 0.329 e. The second-order valence-corrected chi connectivity index (χ2v) is 4.97. The van der Waals surface area contributed by atoms with E-state index in [0.29, 0.717) is 25.2 Å². The molecule has 0 aliphatic carbocycles. The number of carbonyl (C=O) groups is 1. The number of anilines is 1. The molecule has 1 unspecified atom stereocenters. The van der Waals surface area contributed by atoms with Crippen molar-refractivity contribution in [3.8, 4) is 0 Å². The summed E-state index contributed by atoms with van der Waals surface area (Å²) in [5, 5.41) is 20.2. The summed E-state index contributed by atoms with van der Waals surface area (Å²) in [6.07, 6.45) is 3.84. The number of carboxylic acid groups (broad SMARTS) is 1. The summed E-state index contributed by atoms with van der Waals surface area (Å²) in [7, 11) is 0. The Labute approximate surface area is 116 Å². The fraction of sp³-hybridized carbons (Fsp3) is 0.538. The van der Waals surface area contributed by atoms with Crippen molar-refractivity contribution in [3.05, 3.63) is 28.4 Å². The van der Waals surface area contributed by atoms with Crippen molar-refractivity contribution in [2.75, 3.05) is 11.4 Å². The summed E-state index contributed by atoms with van der Waals surface area (Å²) >= 11 is 0. The molecular formula is C13H17N3O4. The monoisotopic (exact) mass is 279 g/mol. The van der Waals surface area contributed by atoms with Crippen molar-refractivity contribution in [1.82, 2.24) is 4.98 Å². The van der Waals surface area contributed by atoms with Crippen LogP contribution in [0.5, 0.6) is 0 Å². The normalized spacial score (nSPS) is 21.9. The molecule has 0 aromatic carbocycles. The molecule has 1 aliphatic heterocycles. The molecule has 20 heavy (non-hydrogen) atoms. The minimum atomic E-state index is -0.933. The average molecular weight is 279 g/mol. The van der Waals surface area contributed by atoms with Gasteiger partial charge in [0, 0.05) is 12.6 Å². The third kappa shape index (κ3) is 2.31. The zero-order chi connectivity index (χ0) is 14.8. The van der Waals surface area contributed by atoms with Crippen molar-refractivity contribution in [2.24, 2.45) is 0 Å². The molecular weight excluding hydrogens is 262 g/mol. The fourth-order valence-corrected chi connectivity index (χ4v) is 2.86. The molecule has 1 aromatic heterocycles. The lowest BCUT2D eigenvalue weighted by molar-refractivity contribution is -0.385. The highest BCUT2D eigenvalue weighted by molar-refractivity contribution is 5.84. The van der Waals surface area contributed by atoms with Crippen LogP contribution in [0.1, 0.15) is 32.6 Å². The molecule has 0 amide bonds. The van der Waals surface area contributed by atoms with Gasteiger partial charge in [0.25, 0.3) is 5.69 Å². The summed E-state index contributed by atoms with van der Waals surface area (Å²) in [5.41, 5.74) is -1.03. The zero-order valence-electron chi connectivity index (χ0n) is 11.3. The first-order valence-corrected chi connectivity index (χ1v) is 6.63. The second kappa shape index (κ2) is 5.44. The molecule has 1 fully saturated rings. The number of hydrogen-bond donors (Lipinski definition) is 1. The molecule has 0 saturated carbocycles. The minimum Gasteiger partial charge on any atom is -0.479 e. The third-order valence-corrected chi connectivity index (χ3v) is 3.77. The van der Waals surface area contributed by atoms with Crippen molar-refractivity contribution < 1.29 is 14.8 Å². The highest BCUT2D eigenvalue weighted by Gasteiger charge is 2.47. The molecule has 1 N–H and O–H groups in total. The number of aliphatic carboxylic acids is 1. The van der Waals surface area contributed by atoms with Gasteiger partial charge in [-0.2, -0.15) is 0 Å². The average Bonchev–Trinajstić information content (AvgIpc) is 2.84. The van der Waals surface area contributed by atoms with Crippen LogP contribution in [0.4, 0.5) is 11.5 Å². The van der Waals surface area contributed by atoms with E-state index < -0.39 is 16.4 Å². The van der Waals surface area contributed by atoms with Crippen molar-refractivity contribution >= 4 is 17.5 Å². The Morgan fingerprint density at radius 3 is 2.85 bits per heavy atom. The summed E-state index contributed by atoms with van der Waals surface area (Å²) in [5.74, 6) is -0.360. The van der Waals surface area contributed by atoms with Gasteiger partial charge in [-0.15, -0.1) is 0 Å². The van der Waals surface area contributed by atoms with Crippen LogP contribution in [0.3, 0.4) is 0 Å². The maximum atomic E-state index is 11.7. The first-order chi connectivity index (χ1) is 9.51. The third-order valence-electron chi connectivity index (χ3n) is 3.77. The van der Waals surface area contributed by atoms with Crippen LogP contribution in [-0.2, 0) is 4.79 Å². The van der Waals surface area contributed by atoms with E-state index in [1.807, 2.05) is 6.92 Å². The highest BCUT2D eigenvalue weighted by atomic mass is 16.6. The van der Waals surface area contributed by atoms with Gasteiger partial charge in [0.1, 0.15) is 17.6 Å². The number of carboxylic acids is 1. The molecule has 1 aromatic rings. The summed E-state index contributed by atoms with van der Waals surface area (Å²) in [4.78, 5) is 27.6. The van der Waals surface area contributed by atoms with Crippen LogP contribution in [0.25, 0.3) is 0 Å². The van der Waals surface area contributed by atoms with Gasteiger partial charge < -0.3 is 10.0 Å². The van der Waals surface area contributed by atoms with Gasteiger partial charge in [0.2, 0.25) is 0 Å². The van der Waals surface area contributed by atoms with E-state index in [-0.39, 0.29) is 5.69 Å². The Hall–Kier alpha value is -2.18. The van der Waals surface area contributed by atoms with Crippen LogP contribution in [0.2, 0.25) is 0 Å². The van der Waals surface area contributed by atoms with Crippen LogP contribution in [0.15, 0.2) is 18.3 Å². The molecule has 7 heteroatoms. The summed E-state index contributed by atoms with van der Waals surface area (Å²) < 4.78 is 0. The molecule has 0 spiro atoms. The quantitative estimate of drug-likeness (QED) is 0.655. The number of aromatic nitrogens is 1. The van der Waals surface area contributed by atoms with Crippen molar-refractivity contribution in [3.63, 3.8) is 0 Å². The molecule has 1 saturated heterocycles. The van der Waals surface area contributed by atoms with Crippen LogP contribution >= 0.6 is 0 Å². The second-order valence-electron chi connectivity index (χ2n) is 4.97. The fourth-order valence-electron chi connectivity index (χ4n) is 2.86. The zero-order valence-corrected chi connectivity index (χ0v) is 11.3. The Bertz CT molecular complexity index is 517. The Balaban J connectivity index is 2.34. The SMILES string of the molecule is CCCC1(C(=O)O)CCCN1c1ccc([N+](=O)[O-])cn1. The molecule has 0 bridgehead atoms. The Morgan fingerprint density at radius 1 is 1.60 bits per heavy atom. The van der Waals surface area contributed by atoms with E-state index >= 15 is 0 Å². The summed E-state index contributed by atoms with van der Waals surface area (Å²) in [6, 6.07) is 2.88. The Morgan fingerprint density at radius 2 is 2.35 bits per heavy atom. The summed E-state index contributed by atoms with van der Waals surface area (Å²) in [6.45, 7) is 2.56. The van der Waals surface area contributed by atoms with E-state index in [9.17, 15) is 20.0 Å². The van der Waals surface area contributed by atoms with Gasteiger partial charge in [-0.1, -0.05) is 13.3 Å². The highest BCUT2D eigenvalue weighted by Crippen LogP contribution is 2.37. The first-order valence-electron chi connectivity index (χ1n) is 6.63. The van der Waals surface area contributed by atoms with Crippen LogP contribution < -0.4 is 4.90 Å². The molecule has 0 radical (unpaired) electrons. The molecule has 1 aliphatic rings. The van der Waals surface area contributed by atoms with Gasteiger partial charge in [-0.3, -0.25) is 10.1 Å². The van der Waals surface area contributed by atoms with Gasteiger partial charge in [-0.25, -0.2) is 9.78 Å². The van der Waals surface area contributed by atoms with E-state index in [2.05, 4.69) is 4.98 Å². The maximum absolute atomic E-state index is 11.7. The predicted molar refractivity (Wildman–Crippen MR) is 72.7 cm³/mol. The lowest BCUT2D eigenvalue weighted by atomic mass is 9.90. The number of rotatable bonds is 5. The van der Waals surface area contributed by atoms with Crippen LogP contribution in [-0.4, -0.2) is 33.1 Å². The van der Waals surface area contributed by atoms with E-state index in [1.165, 1.54) is 18.3 Å². The van der Waals surface area contributed by atoms with E-state index in [4.69, 9.17) is 0 Å². The molecule has 2 heterocycles. The van der Waals surface area contributed by atoms with Gasteiger partial charge >= 0.3 is 5.97 Å². The number of nitro groups is 1. The molecule has 7 nitrogen and oxygen atoms in total. The molecule has 108 valence electrons. The van der Waals surface area contributed by atoms with Gasteiger partial charge in [0.05, 0.1) is 4.92 Å². The van der Waals surface area contributed by atoms with Gasteiger partial charge in [0.15, 0.2) is 0 Å². The standard InChI is InChI=1S/C13H17N3O4/c1-2-6-13(12(17)18)7-3-8-15(13)11-5-4-10(9-14-11)16(19)20/h4-5,9H,2-3,6-8H2,1H3,(H,17,18).